The Hall–Kier alpha value is -3.60. The first-order chi connectivity index (χ1) is 19.2. The quantitative estimate of drug-likeness (QED) is 0.247. The fraction of sp³-hybridized carbons (Fsp3) is 0.207. The van der Waals surface area contributed by atoms with Crippen LogP contribution in [0.15, 0.2) is 78.5 Å². The maximum atomic E-state index is 13.9. The molecule has 40 heavy (non-hydrogen) atoms. The van der Waals surface area contributed by atoms with Crippen LogP contribution in [0.25, 0.3) is 17.4 Å². The number of methoxy groups -OCH3 is 2. The Bertz CT molecular complexity index is 1840. The molecule has 11 heteroatoms. The van der Waals surface area contributed by atoms with Crippen molar-refractivity contribution in [1.29, 1.82) is 0 Å². The molecule has 0 aliphatic carbocycles. The number of rotatable bonds is 7. The van der Waals surface area contributed by atoms with E-state index in [4.69, 9.17) is 30.2 Å². The lowest BCUT2D eigenvalue weighted by atomic mass is 9.95. The average molecular weight is 644 g/mol. The van der Waals surface area contributed by atoms with E-state index in [0.29, 0.717) is 48.6 Å². The smallest absolute Gasteiger partial charge is 0.338 e. The summed E-state index contributed by atoms with van der Waals surface area (Å²) in [5, 5.41) is 0.560. The molecule has 1 atom stereocenters. The van der Waals surface area contributed by atoms with Crippen molar-refractivity contribution in [3.63, 3.8) is 0 Å². The molecule has 2 aromatic carbocycles. The van der Waals surface area contributed by atoms with E-state index in [2.05, 4.69) is 20.9 Å². The van der Waals surface area contributed by atoms with Crippen LogP contribution in [0.2, 0.25) is 5.02 Å². The maximum Gasteiger partial charge on any atom is 0.338 e. The van der Waals surface area contributed by atoms with E-state index in [1.807, 2.05) is 18.2 Å². The Morgan fingerprint density at radius 2 is 1.98 bits per heavy atom. The molecule has 0 fully saturated rings. The van der Waals surface area contributed by atoms with Gasteiger partial charge in [-0.1, -0.05) is 29.0 Å². The van der Waals surface area contributed by atoms with Gasteiger partial charge in [0.15, 0.2) is 4.80 Å². The van der Waals surface area contributed by atoms with Gasteiger partial charge in [0.25, 0.3) is 5.56 Å². The Labute approximate surface area is 246 Å². The van der Waals surface area contributed by atoms with Crippen LogP contribution in [-0.2, 0) is 9.53 Å². The number of halogens is 2. The molecule has 206 valence electrons. The number of aromatic nitrogens is 1. The minimum atomic E-state index is -0.848. The van der Waals surface area contributed by atoms with Crippen molar-refractivity contribution in [3.8, 4) is 22.8 Å². The van der Waals surface area contributed by atoms with Crippen molar-refractivity contribution < 1.29 is 23.4 Å². The predicted molar refractivity (Wildman–Crippen MR) is 157 cm³/mol. The molecule has 2 aromatic heterocycles. The van der Waals surface area contributed by atoms with E-state index < -0.39 is 12.0 Å². The number of hydrogen-bond donors (Lipinski definition) is 0. The van der Waals surface area contributed by atoms with Gasteiger partial charge in [0.1, 0.15) is 29.1 Å². The van der Waals surface area contributed by atoms with E-state index in [9.17, 15) is 9.59 Å². The van der Waals surface area contributed by atoms with Crippen molar-refractivity contribution in [2.24, 2.45) is 4.99 Å². The Kier molecular flexibility index (Phi) is 8.02. The lowest BCUT2D eigenvalue weighted by Gasteiger charge is -2.26. The third-order valence-electron chi connectivity index (χ3n) is 6.35. The van der Waals surface area contributed by atoms with Gasteiger partial charge >= 0.3 is 5.97 Å². The van der Waals surface area contributed by atoms with Gasteiger partial charge in [-0.05, 0) is 72.2 Å². The molecule has 8 nitrogen and oxygen atoms in total. The molecule has 0 unspecified atom stereocenters. The molecule has 5 rings (SSSR count). The third kappa shape index (κ3) is 5.14. The topological polar surface area (TPSA) is 92.3 Å². The lowest BCUT2D eigenvalue weighted by Crippen LogP contribution is -2.40. The lowest BCUT2D eigenvalue weighted by molar-refractivity contribution is -0.139. The van der Waals surface area contributed by atoms with E-state index in [-0.39, 0.29) is 17.7 Å². The van der Waals surface area contributed by atoms with E-state index >= 15 is 0 Å². The van der Waals surface area contributed by atoms with Gasteiger partial charge in [-0.2, -0.15) is 0 Å². The summed E-state index contributed by atoms with van der Waals surface area (Å²) < 4.78 is 25.1. The van der Waals surface area contributed by atoms with Gasteiger partial charge < -0.3 is 18.6 Å². The highest BCUT2D eigenvalue weighted by molar-refractivity contribution is 9.10. The fourth-order valence-corrected chi connectivity index (χ4v) is 5.96. The van der Waals surface area contributed by atoms with Crippen LogP contribution in [0, 0.1) is 0 Å². The van der Waals surface area contributed by atoms with Gasteiger partial charge in [0.2, 0.25) is 0 Å². The summed E-state index contributed by atoms with van der Waals surface area (Å²) in [4.78, 5) is 32.2. The summed E-state index contributed by atoms with van der Waals surface area (Å²) in [5.41, 5.74) is 1.74. The van der Waals surface area contributed by atoms with Crippen LogP contribution in [0.4, 0.5) is 0 Å². The van der Waals surface area contributed by atoms with Gasteiger partial charge in [0, 0.05) is 21.7 Å². The summed E-state index contributed by atoms with van der Waals surface area (Å²) in [6.07, 6.45) is 1.66. The molecule has 4 aromatic rings. The zero-order valence-corrected chi connectivity index (χ0v) is 25.1. The molecule has 0 saturated heterocycles. The Balaban J connectivity index is 1.68. The summed E-state index contributed by atoms with van der Waals surface area (Å²) in [6, 6.07) is 13.5. The van der Waals surface area contributed by atoms with Crippen LogP contribution < -0.4 is 24.4 Å². The normalized spacial score (nSPS) is 15.1. The molecule has 1 aliphatic heterocycles. The van der Waals surface area contributed by atoms with Crippen molar-refractivity contribution in [3.05, 3.63) is 100 Å². The first-order valence-electron chi connectivity index (χ1n) is 12.2. The second-order valence-corrected chi connectivity index (χ2v) is 11.0. The molecule has 0 bridgehead atoms. The zero-order chi connectivity index (χ0) is 28.6. The van der Waals surface area contributed by atoms with Crippen molar-refractivity contribution >= 4 is 50.9 Å². The number of esters is 1. The van der Waals surface area contributed by atoms with E-state index in [1.165, 1.54) is 23.0 Å². The van der Waals surface area contributed by atoms with Crippen molar-refractivity contribution in [2.45, 2.75) is 19.9 Å². The van der Waals surface area contributed by atoms with Crippen molar-refractivity contribution in [1.82, 2.24) is 4.57 Å². The number of thiazole rings is 1. The number of carbonyl (C=O) groups is 1. The highest BCUT2D eigenvalue weighted by Gasteiger charge is 2.35. The van der Waals surface area contributed by atoms with Gasteiger partial charge in [-0.3, -0.25) is 9.36 Å². The largest absolute Gasteiger partial charge is 0.497 e. The van der Waals surface area contributed by atoms with Crippen molar-refractivity contribution in [2.75, 3.05) is 20.8 Å². The third-order valence-corrected chi connectivity index (χ3v) is 8.57. The Morgan fingerprint density at radius 1 is 1.18 bits per heavy atom. The maximum absolute atomic E-state index is 13.9. The zero-order valence-electron chi connectivity index (χ0n) is 22.0. The number of carbonyl (C=O) groups excluding carboxylic acids is 1. The number of furan rings is 1. The van der Waals surface area contributed by atoms with Crippen LogP contribution in [0.1, 0.15) is 31.2 Å². The molecule has 1 aliphatic rings. The van der Waals surface area contributed by atoms with E-state index in [0.717, 1.165) is 10.0 Å². The molecule has 3 heterocycles. The van der Waals surface area contributed by atoms with Crippen LogP contribution in [0.3, 0.4) is 0 Å². The number of nitrogens with zero attached hydrogens (tertiary/aromatic N) is 2. The highest BCUT2D eigenvalue weighted by atomic mass is 79.9. The first kappa shape index (κ1) is 27.9. The van der Waals surface area contributed by atoms with Gasteiger partial charge in [-0.15, -0.1) is 0 Å². The summed E-state index contributed by atoms with van der Waals surface area (Å²) in [6.45, 7) is 3.63. The number of ether oxygens (including phenoxy) is 3. The average Bonchev–Trinajstić information content (AvgIpc) is 3.53. The first-order valence-corrected chi connectivity index (χ1v) is 14.2. The van der Waals surface area contributed by atoms with Crippen LogP contribution >= 0.6 is 38.9 Å². The molecular formula is C29H24BrClN2O6S. The number of allylic oxidation sites excluding steroid dienone is 1. The summed E-state index contributed by atoms with van der Waals surface area (Å²) in [7, 11) is 3.08. The number of benzene rings is 2. The van der Waals surface area contributed by atoms with Gasteiger partial charge in [0.05, 0.1) is 41.7 Å². The minimum Gasteiger partial charge on any atom is -0.497 e. The monoisotopic (exact) mass is 642 g/mol. The molecule has 0 spiro atoms. The van der Waals surface area contributed by atoms with Crippen LogP contribution in [0.5, 0.6) is 11.5 Å². The second-order valence-electron chi connectivity index (χ2n) is 8.74. The van der Waals surface area contributed by atoms with Gasteiger partial charge in [-0.25, -0.2) is 9.79 Å². The standard InChI is InChI=1S/C29H24BrClN2O6S/c1-5-38-28(35)25-15(2)32-29-33(26(25)19-13-17(36-3)7-11-23(19)37-4)27(34)24(40-29)14-18-8-10-22(39-18)16-6-9-20(30)21(31)12-16/h6-14,26H,5H2,1-4H3/b24-14-/t26-/m1/s1. The molecular weight excluding hydrogens is 620 g/mol. The summed E-state index contributed by atoms with van der Waals surface area (Å²) >= 11 is 10.8. The molecule has 0 radical (unpaired) electrons. The minimum absolute atomic E-state index is 0.173. The predicted octanol–water partition coefficient (Wildman–Crippen LogP) is 5.49. The number of hydrogen-bond acceptors (Lipinski definition) is 8. The fourth-order valence-electron chi connectivity index (χ4n) is 4.50. The molecule has 0 N–H and O–H groups in total. The van der Waals surface area contributed by atoms with Crippen LogP contribution in [-0.4, -0.2) is 31.4 Å². The Morgan fingerprint density at radius 3 is 2.67 bits per heavy atom. The molecule has 0 saturated carbocycles. The number of fused-ring (bicyclic) bond motifs is 1. The summed E-state index contributed by atoms with van der Waals surface area (Å²) in [5.74, 6) is 1.56. The van der Waals surface area contributed by atoms with E-state index in [1.54, 1.807) is 57.4 Å². The molecule has 0 amide bonds. The second kappa shape index (κ2) is 11.5. The SMILES string of the molecule is CCOC(=O)C1=C(C)N=c2s/c(=C\c3ccc(-c4ccc(Br)c(Cl)c4)o3)c(=O)n2[C@@H]1c1cc(OC)ccc1OC. The highest BCUT2D eigenvalue weighted by Crippen LogP contribution is 2.38.